The zero-order chi connectivity index (χ0) is 19.4. The van der Waals surface area contributed by atoms with Gasteiger partial charge in [-0.15, -0.1) is 0 Å². The molecule has 0 spiro atoms. The number of para-hydroxylation sites is 1. The van der Waals surface area contributed by atoms with Gasteiger partial charge in [-0.05, 0) is 11.6 Å². The fourth-order valence-corrected chi connectivity index (χ4v) is 3.20. The molecule has 0 aliphatic carbocycles. The molecule has 1 amide bonds. The molecule has 1 saturated heterocycles. The first-order valence-corrected chi connectivity index (χ1v) is 8.58. The zero-order valence-electron chi connectivity index (χ0n) is 14.8. The highest BCUT2D eigenvalue weighted by Crippen LogP contribution is 2.28. The number of hydrogen-bond donors (Lipinski definition) is 2. The van der Waals surface area contributed by atoms with Crippen molar-refractivity contribution in [2.75, 3.05) is 19.7 Å². The van der Waals surface area contributed by atoms with Crippen molar-refractivity contribution in [3.63, 3.8) is 0 Å². The van der Waals surface area contributed by atoms with Gasteiger partial charge in [0.1, 0.15) is 5.75 Å². The third-order valence-corrected chi connectivity index (χ3v) is 4.52. The first-order chi connectivity index (χ1) is 12.8. The average Bonchev–Trinajstić information content (AvgIpc) is 3.26. The smallest absolute Gasteiger partial charge is 0.422 e. The number of carbonyl (C=O) groups is 1. The molecule has 2 heterocycles. The summed E-state index contributed by atoms with van der Waals surface area (Å²) in [7, 11) is 1.82. The Morgan fingerprint density at radius 1 is 1.37 bits per heavy atom. The molecule has 1 fully saturated rings. The van der Waals surface area contributed by atoms with Gasteiger partial charge in [0.15, 0.2) is 6.61 Å². The standard InChI is InChI=1S/C18H21F3N4O2/c1-25-10-13(7-24-25)14-8-22-9-15(14)17(26)23-6-12-4-2-3-5-16(12)27-11-18(19,20)21/h2-5,7,10,14-15,22H,6,8-9,11H2,1H3,(H,23,26)/t14-,15+/m1/s1. The first kappa shape index (κ1) is 19.2. The van der Waals surface area contributed by atoms with Crippen molar-refractivity contribution in [3.8, 4) is 5.75 Å². The summed E-state index contributed by atoms with van der Waals surface area (Å²) in [5.74, 6) is -0.296. The Hall–Kier alpha value is -2.55. The van der Waals surface area contributed by atoms with Crippen LogP contribution in [0.5, 0.6) is 5.75 Å². The minimum Gasteiger partial charge on any atom is -0.484 e. The molecule has 2 atom stereocenters. The van der Waals surface area contributed by atoms with Crippen molar-refractivity contribution in [1.82, 2.24) is 20.4 Å². The molecule has 6 nitrogen and oxygen atoms in total. The van der Waals surface area contributed by atoms with Crippen LogP contribution in [0.3, 0.4) is 0 Å². The Balaban J connectivity index is 1.62. The van der Waals surface area contributed by atoms with E-state index in [4.69, 9.17) is 4.74 Å². The third kappa shape index (κ3) is 5.00. The molecule has 1 aromatic heterocycles. The van der Waals surface area contributed by atoms with Crippen molar-refractivity contribution in [2.45, 2.75) is 18.6 Å². The molecule has 1 aromatic carbocycles. The van der Waals surface area contributed by atoms with Crippen molar-refractivity contribution >= 4 is 5.91 Å². The third-order valence-electron chi connectivity index (χ3n) is 4.52. The van der Waals surface area contributed by atoms with Crippen molar-refractivity contribution in [1.29, 1.82) is 0 Å². The van der Waals surface area contributed by atoms with E-state index in [2.05, 4.69) is 15.7 Å². The van der Waals surface area contributed by atoms with E-state index in [9.17, 15) is 18.0 Å². The molecule has 27 heavy (non-hydrogen) atoms. The molecule has 1 aliphatic heterocycles. The van der Waals surface area contributed by atoms with Gasteiger partial charge in [-0.3, -0.25) is 9.48 Å². The predicted octanol–water partition coefficient (Wildman–Crippen LogP) is 1.98. The molecule has 0 radical (unpaired) electrons. The summed E-state index contributed by atoms with van der Waals surface area (Å²) in [6, 6.07) is 6.38. The lowest BCUT2D eigenvalue weighted by atomic mass is 9.90. The summed E-state index contributed by atoms with van der Waals surface area (Å²) in [4.78, 5) is 12.6. The number of benzene rings is 1. The van der Waals surface area contributed by atoms with Crippen molar-refractivity contribution < 1.29 is 22.7 Å². The fourth-order valence-electron chi connectivity index (χ4n) is 3.20. The van der Waals surface area contributed by atoms with Gasteiger partial charge in [-0.2, -0.15) is 18.3 Å². The van der Waals surface area contributed by atoms with Gasteiger partial charge in [0, 0.05) is 44.4 Å². The molecule has 1 aliphatic rings. The monoisotopic (exact) mass is 382 g/mol. The molecule has 0 unspecified atom stereocenters. The molecular weight excluding hydrogens is 361 g/mol. The lowest BCUT2D eigenvalue weighted by Gasteiger charge is -2.18. The van der Waals surface area contributed by atoms with Gasteiger partial charge in [-0.1, -0.05) is 18.2 Å². The van der Waals surface area contributed by atoms with Crippen molar-refractivity contribution in [3.05, 3.63) is 47.8 Å². The molecule has 9 heteroatoms. The molecule has 2 aromatic rings. The van der Waals surface area contributed by atoms with Gasteiger partial charge in [-0.25, -0.2) is 0 Å². The van der Waals surface area contributed by atoms with Crippen LogP contribution in [-0.2, 0) is 18.4 Å². The largest absolute Gasteiger partial charge is 0.484 e. The molecule has 146 valence electrons. The van der Waals surface area contributed by atoms with E-state index in [0.29, 0.717) is 18.7 Å². The molecule has 0 saturated carbocycles. The van der Waals surface area contributed by atoms with E-state index >= 15 is 0 Å². The van der Waals surface area contributed by atoms with Crippen LogP contribution in [0.2, 0.25) is 0 Å². The van der Waals surface area contributed by atoms with Crippen LogP contribution in [0, 0.1) is 5.92 Å². The number of aromatic nitrogens is 2. The second-order valence-corrected chi connectivity index (χ2v) is 6.55. The molecule has 2 N–H and O–H groups in total. The van der Waals surface area contributed by atoms with Crippen LogP contribution in [0.1, 0.15) is 17.0 Å². The van der Waals surface area contributed by atoms with E-state index in [1.807, 2.05) is 13.2 Å². The Morgan fingerprint density at radius 2 is 2.15 bits per heavy atom. The Labute approximate surface area is 154 Å². The van der Waals surface area contributed by atoms with Crippen molar-refractivity contribution in [2.24, 2.45) is 13.0 Å². The number of amides is 1. The number of carbonyl (C=O) groups excluding carboxylic acids is 1. The number of ether oxygens (including phenoxy) is 1. The van der Waals surface area contributed by atoms with Gasteiger partial charge in [0.05, 0.1) is 12.1 Å². The highest BCUT2D eigenvalue weighted by Gasteiger charge is 2.34. The summed E-state index contributed by atoms with van der Waals surface area (Å²) in [6.45, 7) is -0.0522. The minimum absolute atomic E-state index is 0.00965. The summed E-state index contributed by atoms with van der Waals surface area (Å²) < 4.78 is 43.7. The van der Waals surface area contributed by atoms with Crippen LogP contribution in [0.25, 0.3) is 0 Å². The first-order valence-electron chi connectivity index (χ1n) is 8.58. The predicted molar refractivity (Wildman–Crippen MR) is 92.1 cm³/mol. The van der Waals surface area contributed by atoms with E-state index in [-0.39, 0.29) is 30.0 Å². The van der Waals surface area contributed by atoms with E-state index < -0.39 is 12.8 Å². The SMILES string of the molecule is Cn1cc([C@H]2CNC[C@@H]2C(=O)NCc2ccccc2OCC(F)(F)F)cn1. The number of hydrogen-bond acceptors (Lipinski definition) is 4. The Bertz CT molecular complexity index is 791. The molecule has 0 bridgehead atoms. The van der Waals surface area contributed by atoms with E-state index in [0.717, 1.165) is 5.56 Å². The van der Waals surface area contributed by atoms with E-state index in [1.165, 1.54) is 6.07 Å². The second-order valence-electron chi connectivity index (χ2n) is 6.55. The van der Waals surface area contributed by atoms with Crippen LogP contribution < -0.4 is 15.4 Å². The second kappa shape index (κ2) is 7.99. The number of nitrogens with zero attached hydrogens (tertiary/aromatic N) is 2. The number of rotatable bonds is 6. The Kier molecular flexibility index (Phi) is 5.69. The summed E-state index contributed by atoms with van der Waals surface area (Å²) in [5, 5.41) is 10.2. The topological polar surface area (TPSA) is 68.2 Å². The van der Waals surface area contributed by atoms with Crippen LogP contribution in [0.4, 0.5) is 13.2 Å². The highest BCUT2D eigenvalue weighted by atomic mass is 19.4. The van der Waals surface area contributed by atoms with Crippen LogP contribution >= 0.6 is 0 Å². The van der Waals surface area contributed by atoms with E-state index in [1.54, 1.807) is 29.1 Å². The number of aryl methyl sites for hydroxylation is 1. The lowest BCUT2D eigenvalue weighted by Crippen LogP contribution is -2.34. The maximum atomic E-state index is 12.6. The van der Waals surface area contributed by atoms with Gasteiger partial charge >= 0.3 is 6.18 Å². The van der Waals surface area contributed by atoms with Gasteiger partial charge in [0.25, 0.3) is 0 Å². The number of nitrogens with one attached hydrogen (secondary N) is 2. The fraction of sp³-hybridized carbons (Fsp3) is 0.444. The normalized spacial score (nSPS) is 19.9. The molecular formula is C18H21F3N4O2. The minimum atomic E-state index is -4.41. The highest BCUT2D eigenvalue weighted by molar-refractivity contribution is 5.80. The zero-order valence-corrected chi connectivity index (χ0v) is 14.8. The van der Waals surface area contributed by atoms with Crippen LogP contribution in [-0.4, -0.2) is 41.6 Å². The average molecular weight is 382 g/mol. The quantitative estimate of drug-likeness (QED) is 0.802. The maximum Gasteiger partial charge on any atom is 0.422 e. The lowest BCUT2D eigenvalue weighted by molar-refractivity contribution is -0.153. The number of alkyl halides is 3. The number of halogens is 3. The van der Waals surface area contributed by atoms with Gasteiger partial charge in [0.2, 0.25) is 5.91 Å². The van der Waals surface area contributed by atoms with Gasteiger partial charge < -0.3 is 15.4 Å². The Morgan fingerprint density at radius 3 is 2.85 bits per heavy atom. The summed E-state index contributed by atoms with van der Waals surface area (Å²) in [5.41, 5.74) is 1.48. The summed E-state index contributed by atoms with van der Waals surface area (Å²) in [6.07, 6.45) is -0.779. The maximum absolute atomic E-state index is 12.6. The molecule has 3 rings (SSSR count). The summed E-state index contributed by atoms with van der Waals surface area (Å²) >= 11 is 0. The van der Waals surface area contributed by atoms with Crippen LogP contribution in [0.15, 0.2) is 36.7 Å².